The first-order valence-electron chi connectivity index (χ1n) is 11.7. The molecule has 0 aliphatic carbocycles. The van der Waals surface area contributed by atoms with Gasteiger partial charge < -0.3 is 20.1 Å². The molecular formula is C28H29ClN4O5. The average molecular weight is 537 g/mol. The number of halogens is 1. The molecule has 0 unspecified atom stereocenters. The highest BCUT2D eigenvalue weighted by Crippen LogP contribution is 2.36. The first kappa shape index (κ1) is 28.2. The highest BCUT2D eigenvalue weighted by molar-refractivity contribution is 6.39. The maximum Gasteiger partial charge on any atom is 0.329 e. The third-order valence-corrected chi connectivity index (χ3v) is 5.89. The lowest BCUT2D eigenvalue weighted by atomic mass is 10.1. The van der Waals surface area contributed by atoms with E-state index in [2.05, 4.69) is 21.2 Å². The van der Waals surface area contributed by atoms with Crippen molar-refractivity contribution in [1.82, 2.24) is 5.43 Å². The summed E-state index contributed by atoms with van der Waals surface area (Å²) in [5.74, 6) is -1.71. The summed E-state index contributed by atoms with van der Waals surface area (Å²) in [4.78, 5) is 36.6. The summed E-state index contributed by atoms with van der Waals surface area (Å²) in [6.45, 7) is 7.45. The quantitative estimate of drug-likeness (QED) is 0.219. The van der Waals surface area contributed by atoms with Gasteiger partial charge in [-0.2, -0.15) is 5.10 Å². The van der Waals surface area contributed by atoms with Crippen molar-refractivity contribution in [2.45, 2.75) is 27.7 Å². The number of amides is 3. The van der Waals surface area contributed by atoms with Gasteiger partial charge in [-0.05, 0) is 80.3 Å². The Kier molecular flexibility index (Phi) is 9.45. The van der Waals surface area contributed by atoms with E-state index in [1.54, 1.807) is 18.2 Å². The van der Waals surface area contributed by atoms with Crippen LogP contribution in [0, 0.1) is 27.7 Å². The van der Waals surface area contributed by atoms with E-state index in [1.807, 2.05) is 52.0 Å². The number of hydrogen-bond donors (Lipinski definition) is 3. The van der Waals surface area contributed by atoms with Gasteiger partial charge in [-0.1, -0.05) is 35.4 Å². The van der Waals surface area contributed by atoms with E-state index in [4.69, 9.17) is 21.1 Å². The van der Waals surface area contributed by atoms with Crippen LogP contribution in [0.1, 0.15) is 27.8 Å². The lowest BCUT2D eigenvalue weighted by Crippen LogP contribution is -2.32. The van der Waals surface area contributed by atoms with E-state index in [9.17, 15) is 14.4 Å². The molecule has 0 aliphatic rings. The van der Waals surface area contributed by atoms with Gasteiger partial charge in [0.15, 0.2) is 18.1 Å². The van der Waals surface area contributed by atoms with Gasteiger partial charge in [0.25, 0.3) is 5.91 Å². The van der Waals surface area contributed by atoms with Crippen LogP contribution in [0.15, 0.2) is 53.6 Å². The third-order valence-electron chi connectivity index (χ3n) is 5.61. The number of methoxy groups -OCH3 is 1. The first-order chi connectivity index (χ1) is 18.1. The van der Waals surface area contributed by atoms with Crippen LogP contribution in [-0.2, 0) is 14.4 Å². The number of carbonyl (C=O) groups excluding carboxylic acids is 3. The summed E-state index contributed by atoms with van der Waals surface area (Å²) in [5.41, 5.74) is 7.93. The molecule has 10 heteroatoms. The Morgan fingerprint density at radius 3 is 2.34 bits per heavy atom. The molecule has 3 aromatic rings. The summed E-state index contributed by atoms with van der Waals surface area (Å²) >= 11 is 6.36. The van der Waals surface area contributed by atoms with Crippen LogP contribution in [0.5, 0.6) is 11.5 Å². The molecule has 38 heavy (non-hydrogen) atoms. The number of nitrogens with one attached hydrogen (secondary N) is 3. The number of aryl methyl sites for hydroxylation is 4. The molecule has 3 N–H and O–H groups in total. The zero-order valence-corrected chi connectivity index (χ0v) is 22.5. The van der Waals surface area contributed by atoms with E-state index in [0.717, 1.165) is 22.3 Å². The third kappa shape index (κ3) is 7.57. The topological polar surface area (TPSA) is 118 Å². The second-order valence-corrected chi connectivity index (χ2v) is 9.05. The summed E-state index contributed by atoms with van der Waals surface area (Å²) in [6, 6.07) is 14.1. The van der Waals surface area contributed by atoms with Crippen molar-refractivity contribution in [3.63, 3.8) is 0 Å². The largest absolute Gasteiger partial charge is 0.493 e. The minimum absolute atomic E-state index is 0.170. The van der Waals surface area contributed by atoms with Gasteiger partial charge in [0.1, 0.15) is 0 Å². The number of nitrogens with zero attached hydrogens (tertiary/aromatic N) is 1. The number of hydrazone groups is 1. The highest BCUT2D eigenvalue weighted by atomic mass is 35.5. The molecule has 0 aromatic heterocycles. The molecule has 0 spiro atoms. The number of benzene rings is 3. The second kappa shape index (κ2) is 12.7. The number of carbonyl (C=O) groups is 3. The number of hydrogen-bond acceptors (Lipinski definition) is 6. The summed E-state index contributed by atoms with van der Waals surface area (Å²) in [7, 11) is 1.42. The molecule has 3 amide bonds. The van der Waals surface area contributed by atoms with E-state index in [1.165, 1.54) is 19.4 Å². The van der Waals surface area contributed by atoms with Crippen LogP contribution < -0.4 is 25.5 Å². The molecule has 0 bridgehead atoms. The Hall–Kier alpha value is -4.37. The monoisotopic (exact) mass is 536 g/mol. The first-order valence-corrected chi connectivity index (χ1v) is 12.0. The molecule has 0 saturated carbocycles. The van der Waals surface area contributed by atoms with Gasteiger partial charge in [0, 0.05) is 11.4 Å². The molecule has 198 valence electrons. The number of rotatable bonds is 8. The van der Waals surface area contributed by atoms with E-state index in [-0.39, 0.29) is 29.0 Å². The molecule has 0 radical (unpaired) electrons. The van der Waals surface area contributed by atoms with Crippen molar-refractivity contribution >= 4 is 46.9 Å². The van der Waals surface area contributed by atoms with Gasteiger partial charge in [0.05, 0.1) is 18.3 Å². The Bertz CT molecular complexity index is 1400. The van der Waals surface area contributed by atoms with Crippen molar-refractivity contribution in [3.05, 3.63) is 81.4 Å². The molecular weight excluding hydrogens is 508 g/mol. The Morgan fingerprint density at radius 2 is 1.66 bits per heavy atom. The summed E-state index contributed by atoms with van der Waals surface area (Å²) in [5, 5.41) is 9.31. The SMILES string of the molecule is COc1cc(/C=N\NC(=O)C(=O)Nc2ccc(C)c(C)c2)cc(Cl)c1OCC(=O)Nc1ccc(C)cc1C. The van der Waals surface area contributed by atoms with Gasteiger partial charge in [-0.15, -0.1) is 0 Å². The smallest absolute Gasteiger partial charge is 0.329 e. The van der Waals surface area contributed by atoms with Crippen LogP contribution in [0.25, 0.3) is 0 Å². The molecule has 0 saturated heterocycles. The Labute approximate surface area is 226 Å². The van der Waals surface area contributed by atoms with Crippen LogP contribution in [0.4, 0.5) is 11.4 Å². The normalized spacial score (nSPS) is 10.7. The molecule has 0 aliphatic heterocycles. The van der Waals surface area contributed by atoms with Crippen molar-refractivity contribution in [2.24, 2.45) is 5.10 Å². The zero-order chi connectivity index (χ0) is 27.8. The minimum Gasteiger partial charge on any atom is -0.493 e. The molecule has 3 aromatic carbocycles. The predicted molar refractivity (Wildman–Crippen MR) is 148 cm³/mol. The van der Waals surface area contributed by atoms with Crippen LogP contribution >= 0.6 is 11.6 Å². The van der Waals surface area contributed by atoms with Gasteiger partial charge in [-0.25, -0.2) is 5.43 Å². The standard InChI is InChI=1S/C28H29ClN4O5/c1-16-6-9-23(19(4)10-16)32-25(34)15-38-26-22(29)12-20(13-24(26)37-5)14-30-33-28(36)27(35)31-21-8-7-17(2)18(3)11-21/h6-14H,15H2,1-5H3,(H,31,35)(H,32,34)(H,33,36)/b30-14-. The summed E-state index contributed by atoms with van der Waals surface area (Å²) < 4.78 is 11.0. The van der Waals surface area contributed by atoms with Crippen LogP contribution in [-0.4, -0.2) is 37.7 Å². The lowest BCUT2D eigenvalue weighted by Gasteiger charge is -2.14. The zero-order valence-electron chi connectivity index (χ0n) is 21.8. The fourth-order valence-electron chi connectivity index (χ4n) is 3.46. The summed E-state index contributed by atoms with van der Waals surface area (Å²) in [6.07, 6.45) is 1.30. The van der Waals surface area contributed by atoms with Gasteiger partial charge in [-0.3, -0.25) is 14.4 Å². The number of anilines is 2. The fourth-order valence-corrected chi connectivity index (χ4v) is 3.73. The highest BCUT2D eigenvalue weighted by Gasteiger charge is 2.15. The second-order valence-electron chi connectivity index (χ2n) is 8.64. The Balaban J connectivity index is 1.59. The minimum atomic E-state index is -0.938. The Morgan fingerprint density at radius 1 is 0.895 bits per heavy atom. The van der Waals surface area contributed by atoms with E-state index >= 15 is 0 Å². The van der Waals surface area contributed by atoms with Gasteiger partial charge in [0.2, 0.25) is 0 Å². The van der Waals surface area contributed by atoms with Crippen molar-refractivity contribution in [2.75, 3.05) is 24.4 Å². The lowest BCUT2D eigenvalue weighted by molar-refractivity contribution is -0.136. The average Bonchev–Trinajstić information content (AvgIpc) is 2.86. The van der Waals surface area contributed by atoms with E-state index < -0.39 is 11.8 Å². The molecule has 0 heterocycles. The predicted octanol–water partition coefficient (Wildman–Crippen LogP) is 4.69. The van der Waals surface area contributed by atoms with Gasteiger partial charge >= 0.3 is 11.8 Å². The number of ether oxygens (including phenoxy) is 2. The van der Waals surface area contributed by atoms with Crippen molar-refractivity contribution < 1.29 is 23.9 Å². The van der Waals surface area contributed by atoms with Crippen molar-refractivity contribution in [1.29, 1.82) is 0 Å². The molecule has 9 nitrogen and oxygen atoms in total. The van der Waals surface area contributed by atoms with Crippen molar-refractivity contribution in [3.8, 4) is 11.5 Å². The molecule has 3 rings (SSSR count). The van der Waals surface area contributed by atoms with E-state index in [0.29, 0.717) is 16.9 Å². The van der Waals surface area contributed by atoms with Crippen LogP contribution in [0.2, 0.25) is 5.02 Å². The van der Waals surface area contributed by atoms with Crippen LogP contribution in [0.3, 0.4) is 0 Å². The maximum atomic E-state index is 12.4. The fraction of sp³-hybridized carbons (Fsp3) is 0.214. The molecule has 0 atom stereocenters. The molecule has 0 fully saturated rings. The maximum absolute atomic E-state index is 12.4.